The summed E-state index contributed by atoms with van der Waals surface area (Å²) in [4.78, 5) is 12.5. The molecule has 1 aliphatic rings. The van der Waals surface area contributed by atoms with Crippen LogP contribution in [0.3, 0.4) is 0 Å². The van der Waals surface area contributed by atoms with Gasteiger partial charge in [0.1, 0.15) is 5.78 Å². The van der Waals surface area contributed by atoms with E-state index in [0.717, 1.165) is 25.7 Å². The van der Waals surface area contributed by atoms with Gasteiger partial charge in [0.25, 0.3) is 0 Å². The first-order valence-electron chi connectivity index (χ1n) is 4.45. The Hall–Kier alpha value is -0.450. The summed E-state index contributed by atoms with van der Waals surface area (Å²) in [6.45, 7) is 0. The normalized spacial score (nSPS) is 15.4. The number of hydrogen-bond donors (Lipinski definition) is 2. The predicted octanol–water partition coefficient (Wildman–Crippen LogP) is 1.71. The Labute approximate surface area is 80.1 Å². The second-order valence-corrected chi connectivity index (χ2v) is 3.44. The van der Waals surface area contributed by atoms with E-state index in [1.165, 1.54) is 6.42 Å². The zero-order chi connectivity index (χ0) is 10.7. The van der Waals surface area contributed by atoms with E-state index in [1.54, 1.807) is 0 Å². The molecule has 0 aromatic carbocycles. The molecule has 0 saturated heterocycles. The number of hydrogen-bond acceptors (Lipinski definition) is 4. The quantitative estimate of drug-likeness (QED) is 0.452. The Bertz CT molecular complexity index is 105. The lowest BCUT2D eigenvalue weighted by Crippen LogP contribution is -2.02. The molecule has 0 spiro atoms. The first-order chi connectivity index (χ1) is 6.13. The van der Waals surface area contributed by atoms with E-state index in [-0.39, 0.29) is 0 Å². The minimum Gasteiger partial charge on any atom is -0.312 e. The number of carbonyl (C=O) groups excluding carboxylic acids is 1. The van der Waals surface area contributed by atoms with Crippen LogP contribution in [-0.2, 0) is 4.79 Å². The molecule has 0 aliphatic heterocycles. The lowest BCUT2D eigenvalue weighted by Gasteiger charge is -2.05. The lowest BCUT2D eigenvalue weighted by atomic mass is 10.00. The predicted molar refractivity (Wildman–Crippen MR) is 53.0 cm³/mol. The summed E-state index contributed by atoms with van der Waals surface area (Å²) >= 11 is 0. The molecule has 0 radical (unpaired) electrons. The first kappa shape index (κ1) is 15.0. The van der Waals surface area contributed by atoms with Gasteiger partial charge < -0.3 is 4.90 Å². The van der Waals surface area contributed by atoms with Crippen LogP contribution in [0.5, 0.6) is 0 Å². The zero-order valence-corrected chi connectivity index (χ0v) is 8.79. The Morgan fingerprint density at radius 1 is 1.00 bits per heavy atom. The van der Waals surface area contributed by atoms with Gasteiger partial charge in [0.05, 0.1) is 0 Å². The van der Waals surface area contributed by atoms with Crippen LogP contribution in [0.15, 0.2) is 0 Å². The highest BCUT2D eigenvalue weighted by Crippen LogP contribution is 2.12. The molecule has 4 heteroatoms. The van der Waals surface area contributed by atoms with Gasteiger partial charge in [-0.25, -0.2) is 0 Å². The minimum atomic E-state index is 0.464. The third kappa shape index (κ3) is 18.5. The van der Waals surface area contributed by atoms with Crippen LogP contribution in [0.1, 0.15) is 32.1 Å². The Balaban J connectivity index is 0. The molecule has 0 bridgehead atoms. The standard InChI is InChI=1S/C6H10O.C3H9N.H2O2/c7-6-4-2-1-3-5-6;1-4(2)3;1-2/h1-5H2;1-3H3;1-2H. The van der Waals surface area contributed by atoms with Crippen molar-refractivity contribution in [3.63, 3.8) is 0 Å². The van der Waals surface area contributed by atoms with Crippen molar-refractivity contribution in [3.05, 3.63) is 0 Å². The monoisotopic (exact) mass is 191 g/mol. The average molecular weight is 191 g/mol. The van der Waals surface area contributed by atoms with Crippen LogP contribution in [0, 0.1) is 0 Å². The molecule has 2 N–H and O–H groups in total. The highest BCUT2D eigenvalue weighted by molar-refractivity contribution is 5.78. The third-order valence-electron chi connectivity index (χ3n) is 1.41. The number of rotatable bonds is 0. The molecule has 1 aliphatic carbocycles. The van der Waals surface area contributed by atoms with Crippen molar-refractivity contribution >= 4 is 5.78 Å². The molecule has 0 heterocycles. The van der Waals surface area contributed by atoms with Crippen molar-refractivity contribution in [2.24, 2.45) is 0 Å². The molecule has 1 fully saturated rings. The van der Waals surface area contributed by atoms with Crippen molar-refractivity contribution in [1.82, 2.24) is 4.90 Å². The topological polar surface area (TPSA) is 60.8 Å². The van der Waals surface area contributed by atoms with E-state index in [2.05, 4.69) is 0 Å². The van der Waals surface area contributed by atoms with Crippen LogP contribution >= 0.6 is 0 Å². The maximum Gasteiger partial charge on any atom is 0.132 e. The molecule has 0 atom stereocenters. The van der Waals surface area contributed by atoms with Gasteiger partial charge >= 0.3 is 0 Å². The summed E-state index contributed by atoms with van der Waals surface area (Å²) in [5.74, 6) is 0.464. The molecule has 1 saturated carbocycles. The van der Waals surface area contributed by atoms with E-state index < -0.39 is 0 Å². The van der Waals surface area contributed by atoms with Crippen molar-refractivity contribution in [2.75, 3.05) is 21.1 Å². The number of ketones is 1. The fraction of sp³-hybridized carbons (Fsp3) is 0.889. The maximum absolute atomic E-state index is 10.5. The smallest absolute Gasteiger partial charge is 0.132 e. The summed E-state index contributed by atoms with van der Waals surface area (Å²) in [5.41, 5.74) is 0. The van der Waals surface area contributed by atoms with E-state index in [9.17, 15) is 4.79 Å². The highest BCUT2D eigenvalue weighted by Gasteiger charge is 2.05. The number of Topliss-reactive ketones (excluding diaryl/α,β-unsaturated/α-hetero) is 1. The van der Waals surface area contributed by atoms with Gasteiger partial charge in [-0.15, -0.1) is 0 Å². The number of nitrogens with zero attached hydrogens (tertiary/aromatic N) is 1. The van der Waals surface area contributed by atoms with E-state index >= 15 is 0 Å². The molecular formula is C9H21NO3. The SMILES string of the molecule is CN(C)C.O=C1CCCCC1.OO. The number of carbonyl (C=O) groups is 1. The molecule has 1 rings (SSSR count). The largest absolute Gasteiger partial charge is 0.312 e. The summed E-state index contributed by atoms with van der Waals surface area (Å²) in [7, 11) is 6.00. The summed E-state index contributed by atoms with van der Waals surface area (Å²) in [6.07, 6.45) is 5.24. The summed E-state index contributed by atoms with van der Waals surface area (Å²) in [6, 6.07) is 0. The van der Waals surface area contributed by atoms with Gasteiger partial charge in [-0.1, -0.05) is 6.42 Å². The van der Waals surface area contributed by atoms with Gasteiger partial charge in [-0.05, 0) is 34.0 Å². The van der Waals surface area contributed by atoms with Gasteiger partial charge in [0.15, 0.2) is 0 Å². The van der Waals surface area contributed by atoms with E-state index in [4.69, 9.17) is 10.5 Å². The molecule has 0 unspecified atom stereocenters. The molecule has 0 aromatic rings. The fourth-order valence-electron chi connectivity index (χ4n) is 0.946. The molecule has 13 heavy (non-hydrogen) atoms. The first-order valence-corrected chi connectivity index (χ1v) is 4.45. The lowest BCUT2D eigenvalue weighted by molar-refractivity contribution is -0.176. The van der Waals surface area contributed by atoms with Crippen molar-refractivity contribution < 1.29 is 15.3 Å². The minimum absolute atomic E-state index is 0.464. The Morgan fingerprint density at radius 2 is 1.31 bits per heavy atom. The van der Waals surface area contributed by atoms with Crippen LogP contribution < -0.4 is 0 Å². The molecule has 80 valence electrons. The van der Waals surface area contributed by atoms with Crippen LogP contribution in [-0.4, -0.2) is 42.3 Å². The summed E-state index contributed by atoms with van der Waals surface area (Å²) in [5, 5.41) is 12.0. The van der Waals surface area contributed by atoms with E-state index in [1.807, 2.05) is 26.0 Å². The van der Waals surface area contributed by atoms with Gasteiger partial charge in [-0.2, -0.15) is 0 Å². The molecular weight excluding hydrogens is 170 g/mol. The Morgan fingerprint density at radius 3 is 1.46 bits per heavy atom. The van der Waals surface area contributed by atoms with Crippen molar-refractivity contribution in [1.29, 1.82) is 0 Å². The molecule has 4 nitrogen and oxygen atoms in total. The maximum atomic E-state index is 10.5. The van der Waals surface area contributed by atoms with Crippen molar-refractivity contribution in [3.8, 4) is 0 Å². The van der Waals surface area contributed by atoms with E-state index in [0.29, 0.717) is 5.78 Å². The zero-order valence-electron chi connectivity index (χ0n) is 8.79. The van der Waals surface area contributed by atoms with Gasteiger partial charge in [-0.3, -0.25) is 15.3 Å². The van der Waals surface area contributed by atoms with Crippen LogP contribution in [0.25, 0.3) is 0 Å². The molecule has 0 aromatic heterocycles. The Kier molecular flexibility index (Phi) is 13.4. The summed E-state index contributed by atoms with van der Waals surface area (Å²) < 4.78 is 0. The van der Waals surface area contributed by atoms with Crippen LogP contribution in [0.2, 0.25) is 0 Å². The van der Waals surface area contributed by atoms with Gasteiger partial charge in [0, 0.05) is 12.8 Å². The third-order valence-corrected chi connectivity index (χ3v) is 1.41. The van der Waals surface area contributed by atoms with Gasteiger partial charge in [0.2, 0.25) is 0 Å². The van der Waals surface area contributed by atoms with Crippen LogP contribution in [0.4, 0.5) is 0 Å². The average Bonchev–Trinajstić information content (AvgIpc) is 2.08. The molecule has 0 amide bonds. The highest BCUT2D eigenvalue weighted by atomic mass is 17.0. The van der Waals surface area contributed by atoms with Crippen molar-refractivity contribution in [2.45, 2.75) is 32.1 Å². The second kappa shape index (κ2) is 11.6. The fourth-order valence-corrected chi connectivity index (χ4v) is 0.946. The second-order valence-electron chi connectivity index (χ2n) is 3.44.